The lowest BCUT2D eigenvalue weighted by atomic mass is 10.1. The van der Waals surface area contributed by atoms with Gasteiger partial charge in [0.2, 0.25) is 0 Å². The lowest BCUT2D eigenvalue weighted by Crippen LogP contribution is -2.13. The number of nitrogens with one attached hydrogen (secondary N) is 1. The maximum Gasteiger partial charge on any atom is 0.256 e. The first-order valence-electron chi connectivity index (χ1n) is 9.62. The van der Waals surface area contributed by atoms with E-state index in [-0.39, 0.29) is 5.91 Å². The first-order valence-corrected chi connectivity index (χ1v) is 10.8. The SMILES string of the molecule is O=C(Nc1ccn(Cc2ccccc2)n1)c1ccc(COc2ccc(Br)cc2Cl)cc1. The molecule has 0 saturated heterocycles. The molecular weight excluding hydrogens is 478 g/mol. The van der Waals surface area contributed by atoms with Crippen LogP contribution in [0, 0.1) is 0 Å². The molecule has 3 aromatic carbocycles. The summed E-state index contributed by atoms with van der Waals surface area (Å²) < 4.78 is 8.44. The Bertz CT molecular complexity index is 1180. The third-order valence-corrected chi connectivity index (χ3v) is 5.36. The van der Waals surface area contributed by atoms with Crippen molar-refractivity contribution in [3.63, 3.8) is 0 Å². The average molecular weight is 497 g/mol. The highest BCUT2D eigenvalue weighted by Crippen LogP contribution is 2.28. The Morgan fingerprint density at radius 3 is 2.52 bits per heavy atom. The van der Waals surface area contributed by atoms with Gasteiger partial charge in [0.05, 0.1) is 11.6 Å². The summed E-state index contributed by atoms with van der Waals surface area (Å²) in [4.78, 5) is 12.5. The first kappa shape index (κ1) is 21.2. The minimum Gasteiger partial charge on any atom is -0.487 e. The van der Waals surface area contributed by atoms with Crippen molar-refractivity contribution in [3.8, 4) is 5.75 Å². The lowest BCUT2D eigenvalue weighted by molar-refractivity contribution is 0.102. The third-order valence-electron chi connectivity index (χ3n) is 4.57. The lowest BCUT2D eigenvalue weighted by Gasteiger charge is -2.09. The highest BCUT2D eigenvalue weighted by Gasteiger charge is 2.09. The molecule has 0 spiro atoms. The number of nitrogens with zero attached hydrogens (tertiary/aromatic N) is 2. The van der Waals surface area contributed by atoms with Crippen molar-refractivity contribution in [2.24, 2.45) is 0 Å². The molecule has 1 heterocycles. The van der Waals surface area contributed by atoms with Crippen LogP contribution in [0.5, 0.6) is 5.75 Å². The van der Waals surface area contributed by atoms with Crippen molar-refractivity contribution >= 4 is 39.3 Å². The minimum atomic E-state index is -0.214. The number of anilines is 1. The Kier molecular flexibility index (Phi) is 6.70. The maximum absolute atomic E-state index is 12.5. The van der Waals surface area contributed by atoms with Crippen LogP contribution >= 0.6 is 27.5 Å². The number of ether oxygens (including phenoxy) is 1. The highest BCUT2D eigenvalue weighted by atomic mass is 79.9. The Hall–Kier alpha value is -3.09. The van der Waals surface area contributed by atoms with E-state index in [0.29, 0.717) is 35.3 Å². The molecule has 0 bridgehead atoms. The predicted molar refractivity (Wildman–Crippen MR) is 126 cm³/mol. The number of hydrogen-bond acceptors (Lipinski definition) is 3. The summed E-state index contributed by atoms with van der Waals surface area (Å²) in [5, 5.41) is 7.78. The molecule has 1 amide bonds. The van der Waals surface area contributed by atoms with Crippen LogP contribution in [0.3, 0.4) is 0 Å². The molecule has 0 aliphatic carbocycles. The molecule has 0 fully saturated rings. The Balaban J connectivity index is 1.33. The van der Waals surface area contributed by atoms with Crippen LogP contribution in [0.1, 0.15) is 21.5 Å². The van der Waals surface area contributed by atoms with Crippen molar-refractivity contribution < 1.29 is 9.53 Å². The van der Waals surface area contributed by atoms with Crippen LogP contribution in [0.15, 0.2) is 89.5 Å². The molecule has 7 heteroatoms. The van der Waals surface area contributed by atoms with Gasteiger partial charge in [-0.25, -0.2) is 0 Å². The fourth-order valence-electron chi connectivity index (χ4n) is 2.98. The molecule has 0 aliphatic rings. The van der Waals surface area contributed by atoms with E-state index in [1.165, 1.54) is 0 Å². The standard InChI is InChI=1S/C24H19BrClN3O2/c25-20-10-11-22(21(26)14-20)31-16-18-6-8-19(9-7-18)24(30)27-23-12-13-29(28-23)15-17-4-2-1-3-5-17/h1-14H,15-16H2,(H,27,28,30). The van der Waals surface area contributed by atoms with E-state index in [0.717, 1.165) is 15.6 Å². The third kappa shape index (κ3) is 5.75. The first-order chi connectivity index (χ1) is 15.1. The normalized spacial score (nSPS) is 10.6. The van der Waals surface area contributed by atoms with E-state index in [9.17, 15) is 4.79 Å². The summed E-state index contributed by atoms with van der Waals surface area (Å²) in [5.74, 6) is 0.907. The minimum absolute atomic E-state index is 0.214. The number of halogens is 2. The van der Waals surface area contributed by atoms with Crippen LogP contribution in [-0.4, -0.2) is 15.7 Å². The number of carbonyl (C=O) groups is 1. The van der Waals surface area contributed by atoms with E-state index in [1.807, 2.05) is 60.8 Å². The molecule has 0 aliphatic heterocycles. The van der Waals surface area contributed by atoms with Gasteiger partial charge in [0.1, 0.15) is 12.4 Å². The second kappa shape index (κ2) is 9.81. The second-order valence-corrected chi connectivity index (χ2v) is 8.22. The van der Waals surface area contributed by atoms with Crippen LogP contribution in [0.2, 0.25) is 5.02 Å². The van der Waals surface area contributed by atoms with Gasteiger partial charge >= 0.3 is 0 Å². The van der Waals surface area contributed by atoms with Gasteiger partial charge in [0.15, 0.2) is 5.82 Å². The largest absolute Gasteiger partial charge is 0.487 e. The number of hydrogen-bond donors (Lipinski definition) is 1. The maximum atomic E-state index is 12.5. The van der Waals surface area contributed by atoms with Crippen LogP contribution < -0.4 is 10.1 Å². The van der Waals surface area contributed by atoms with Crippen molar-refractivity contribution in [2.75, 3.05) is 5.32 Å². The van der Waals surface area contributed by atoms with Gasteiger partial charge < -0.3 is 10.1 Å². The van der Waals surface area contributed by atoms with Gasteiger partial charge in [-0.15, -0.1) is 0 Å². The molecule has 0 atom stereocenters. The van der Waals surface area contributed by atoms with E-state index < -0.39 is 0 Å². The Morgan fingerprint density at radius 2 is 1.77 bits per heavy atom. The smallest absolute Gasteiger partial charge is 0.256 e. The summed E-state index contributed by atoms with van der Waals surface area (Å²) in [6.45, 7) is 1.00. The molecule has 4 aromatic rings. The van der Waals surface area contributed by atoms with Crippen molar-refractivity contribution in [3.05, 3.63) is 111 Å². The fraction of sp³-hybridized carbons (Fsp3) is 0.0833. The molecule has 156 valence electrons. The summed E-state index contributed by atoms with van der Waals surface area (Å²) in [6.07, 6.45) is 1.84. The summed E-state index contributed by atoms with van der Waals surface area (Å²) in [7, 11) is 0. The number of aromatic nitrogens is 2. The van der Waals surface area contributed by atoms with Gasteiger partial charge in [0.25, 0.3) is 5.91 Å². The molecule has 4 rings (SSSR count). The van der Waals surface area contributed by atoms with Gasteiger partial charge in [-0.3, -0.25) is 9.48 Å². The van der Waals surface area contributed by atoms with Crippen molar-refractivity contribution in [2.45, 2.75) is 13.2 Å². The molecule has 0 unspecified atom stereocenters. The molecule has 0 radical (unpaired) electrons. The van der Waals surface area contributed by atoms with Crippen LogP contribution in [0.4, 0.5) is 5.82 Å². The van der Waals surface area contributed by atoms with Crippen LogP contribution in [-0.2, 0) is 13.2 Å². The number of rotatable bonds is 7. The van der Waals surface area contributed by atoms with Crippen LogP contribution in [0.25, 0.3) is 0 Å². The van der Waals surface area contributed by atoms with E-state index >= 15 is 0 Å². The second-order valence-electron chi connectivity index (χ2n) is 6.90. The fourth-order valence-corrected chi connectivity index (χ4v) is 3.71. The zero-order valence-corrected chi connectivity index (χ0v) is 18.8. The topological polar surface area (TPSA) is 56.2 Å². The summed E-state index contributed by atoms with van der Waals surface area (Å²) in [5.41, 5.74) is 2.62. The van der Waals surface area contributed by atoms with Gasteiger partial charge in [-0.05, 0) is 41.5 Å². The molecular formula is C24H19BrClN3O2. The Labute approximate surface area is 193 Å². The van der Waals surface area contributed by atoms with E-state index in [1.54, 1.807) is 28.9 Å². The molecule has 1 N–H and O–H groups in total. The highest BCUT2D eigenvalue weighted by molar-refractivity contribution is 9.10. The van der Waals surface area contributed by atoms with Gasteiger partial charge in [-0.1, -0.05) is 70.0 Å². The zero-order chi connectivity index (χ0) is 21.6. The van der Waals surface area contributed by atoms with Crippen molar-refractivity contribution in [1.29, 1.82) is 0 Å². The van der Waals surface area contributed by atoms with Gasteiger partial charge in [0, 0.05) is 22.3 Å². The molecule has 0 saturated carbocycles. The quantitative estimate of drug-likeness (QED) is 0.332. The van der Waals surface area contributed by atoms with E-state index in [4.69, 9.17) is 16.3 Å². The number of amides is 1. The molecule has 5 nitrogen and oxygen atoms in total. The Morgan fingerprint density at radius 1 is 1.00 bits per heavy atom. The average Bonchev–Trinajstić information content (AvgIpc) is 3.21. The number of carbonyl (C=O) groups excluding carboxylic acids is 1. The molecule has 31 heavy (non-hydrogen) atoms. The monoisotopic (exact) mass is 495 g/mol. The van der Waals surface area contributed by atoms with Gasteiger partial charge in [-0.2, -0.15) is 5.10 Å². The van der Waals surface area contributed by atoms with Crippen molar-refractivity contribution in [1.82, 2.24) is 9.78 Å². The molecule has 1 aromatic heterocycles. The van der Waals surface area contributed by atoms with E-state index in [2.05, 4.69) is 26.3 Å². The zero-order valence-electron chi connectivity index (χ0n) is 16.5. The summed E-state index contributed by atoms with van der Waals surface area (Å²) >= 11 is 9.54. The number of benzene rings is 3. The summed E-state index contributed by atoms with van der Waals surface area (Å²) in [6, 6.07) is 24.5. The predicted octanol–water partition coefficient (Wildman–Crippen LogP) is 6.18.